The Labute approximate surface area is 125 Å². The molecule has 0 aliphatic rings. The first kappa shape index (κ1) is 13.7. The standard InChI is InChI=1S/C13H13ClN6O/c1-15-6-9-7-20(19-17-9)8-12-16-13(18-21-12)10-4-2-3-5-11(10)14/h2-5,7,15H,6,8H2,1H3. The van der Waals surface area contributed by atoms with Crippen LogP contribution in [0, 0.1) is 0 Å². The fraction of sp³-hybridized carbons (Fsp3) is 0.231. The largest absolute Gasteiger partial charge is 0.337 e. The number of halogens is 1. The van der Waals surface area contributed by atoms with Crippen LogP contribution in [0.15, 0.2) is 35.0 Å². The van der Waals surface area contributed by atoms with Crippen LogP contribution in [-0.4, -0.2) is 32.2 Å². The third-order valence-electron chi connectivity index (χ3n) is 2.82. The van der Waals surface area contributed by atoms with E-state index >= 15 is 0 Å². The Balaban J connectivity index is 1.77. The molecule has 0 saturated heterocycles. The molecule has 3 aromatic rings. The predicted octanol–water partition coefficient (Wildman–Crippen LogP) is 1.75. The predicted molar refractivity (Wildman–Crippen MR) is 76.6 cm³/mol. The first-order valence-electron chi connectivity index (χ1n) is 6.37. The highest BCUT2D eigenvalue weighted by atomic mass is 35.5. The molecule has 0 amide bonds. The molecular formula is C13H13ClN6O. The molecule has 0 unspecified atom stereocenters. The van der Waals surface area contributed by atoms with Crippen LogP contribution >= 0.6 is 11.6 Å². The van der Waals surface area contributed by atoms with Gasteiger partial charge in [0.15, 0.2) is 0 Å². The lowest BCUT2D eigenvalue weighted by Gasteiger charge is -1.96. The van der Waals surface area contributed by atoms with E-state index in [4.69, 9.17) is 16.1 Å². The smallest absolute Gasteiger partial charge is 0.248 e. The summed E-state index contributed by atoms with van der Waals surface area (Å²) in [6.45, 7) is 1.03. The van der Waals surface area contributed by atoms with Crippen molar-refractivity contribution in [1.29, 1.82) is 0 Å². The van der Waals surface area contributed by atoms with Gasteiger partial charge in [-0.3, -0.25) is 0 Å². The molecule has 0 fully saturated rings. The number of aromatic nitrogens is 5. The van der Waals surface area contributed by atoms with E-state index in [-0.39, 0.29) is 0 Å². The SMILES string of the molecule is CNCc1cn(Cc2nc(-c3ccccc3Cl)no2)nn1. The van der Waals surface area contributed by atoms with Gasteiger partial charge in [0, 0.05) is 12.1 Å². The Morgan fingerprint density at radius 1 is 1.33 bits per heavy atom. The third-order valence-corrected chi connectivity index (χ3v) is 3.15. The first-order valence-corrected chi connectivity index (χ1v) is 6.75. The lowest BCUT2D eigenvalue weighted by Crippen LogP contribution is -2.05. The molecular weight excluding hydrogens is 292 g/mol. The van der Waals surface area contributed by atoms with Crippen molar-refractivity contribution in [2.45, 2.75) is 13.1 Å². The van der Waals surface area contributed by atoms with Crippen LogP contribution in [0.2, 0.25) is 5.02 Å². The monoisotopic (exact) mass is 304 g/mol. The molecule has 2 aromatic heterocycles. The van der Waals surface area contributed by atoms with E-state index in [2.05, 4.69) is 25.8 Å². The van der Waals surface area contributed by atoms with Gasteiger partial charge in [-0.15, -0.1) is 5.10 Å². The molecule has 8 heteroatoms. The van der Waals surface area contributed by atoms with Gasteiger partial charge in [-0.05, 0) is 19.2 Å². The van der Waals surface area contributed by atoms with Crippen molar-refractivity contribution in [2.24, 2.45) is 0 Å². The molecule has 21 heavy (non-hydrogen) atoms. The van der Waals surface area contributed by atoms with Crippen LogP contribution in [0.25, 0.3) is 11.4 Å². The van der Waals surface area contributed by atoms with Crippen LogP contribution in [0.3, 0.4) is 0 Å². The van der Waals surface area contributed by atoms with Gasteiger partial charge in [-0.25, -0.2) is 4.68 Å². The Morgan fingerprint density at radius 2 is 2.19 bits per heavy atom. The van der Waals surface area contributed by atoms with E-state index in [1.165, 1.54) is 0 Å². The van der Waals surface area contributed by atoms with E-state index in [0.717, 1.165) is 11.3 Å². The van der Waals surface area contributed by atoms with Gasteiger partial charge >= 0.3 is 0 Å². The van der Waals surface area contributed by atoms with Crippen molar-refractivity contribution in [3.63, 3.8) is 0 Å². The summed E-state index contributed by atoms with van der Waals surface area (Å²) < 4.78 is 6.87. The molecule has 0 saturated carbocycles. The molecule has 2 heterocycles. The summed E-state index contributed by atoms with van der Waals surface area (Å²) in [5.74, 6) is 0.914. The van der Waals surface area contributed by atoms with Gasteiger partial charge < -0.3 is 9.84 Å². The maximum Gasteiger partial charge on any atom is 0.248 e. The molecule has 7 nitrogen and oxygen atoms in total. The lowest BCUT2D eigenvalue weighted by molar-refractivity contribution is 0.364. The maximum absolute atomic E-state index is 6.11. The highest BCUT2D eigenvalue weighted by molar-refractivity contribution is 6.33. The van der Waals surface area contributed by atoms with E-state index < -0.39 is 0 Å². The Hall–Kier alpha value is -2.25. The van der Waals surface area contributed by atoms with Gasteiger partial charge in [0.05, 0.1) is 16.9 Å². The molecule has 0 aliphatic heterocycles. The molecule has 1 aromatic carbocycles. The minimum absolute atomic E-state index is 0.369. The quantitative estimate of drug-likeness (QED) is 0.773. The molecule has 0 radical (unpaired) electrons. The Morgan fingerprint density at radius 3 is 3.00 bits per heavy atom. The molecule has 0 atom stereocenters. The van der Waals surface area contributed by atoms with E-state index in [1.807, 2.05) is 31.4 Å². The summed E-state index contributed by atoms with van der Waals surface area (Å²) in [5.41, 5.74) is 1.59. The zero-order valence-corrected chi connectivity index (χ0v) is 12.1. The first-order chi connectivity index (χ1) is 10.3. The number of rotatable bonds is 5. The average molecular weight is 305 g/mol. The number of nitrogens with one attached hydrogen (secondary N) is 1. The minimum Gasteiger partial charge on any atom is -0.337 e. The van der Waals surface area contributed by atoms with Gasteiger partial charge in [0.25, 0.3) is 0 Å². The van der Waals surface area contributed by atoms with Gasteiger partial charge in [-0.2, -0.15) is 4.98 Å². The van der Waals surface area contributed by atoms with Crippen LogP contribution in [0.5, 0.6) is 0 Å². The van der Waals surface area contributed by atoms with Crippen molar-refractivity contribution in [3.05, 3.63) is 47.1 Å². The zero-order chi connectivity index (χ0) is 14.7. The Kier molecular flexibility index (Phi) is 3.94. The second-order valence-electron chi connectivity index (χ2n) is 4.43. The fourth-order valence-electron chi connectivity index (χ4n) is 1.89. The summed E-state index contributed by atoms with van der Waals surface area (Å²) in [5, 5.41) is 15.6. The van der Waals surface area contributed by atoms with Crippen LogP contribution in [-0.2, 0) is 13.1 Å². The number of benzene rings is 1. The average Bonchev–Trinajstić information content (AvgIpc) is 3.10. The van der Waals surface area contributed by atoms with Gasteiger partial charge in [0.2, 0.25) is 11.7 Å². The zero-order valence-electron chi connectivity index (χ0n) is 11.3. The highest BCUT2D eigenvalue weighted by Gasteiger charge is 2.12. The minimum atomic E-state index is 0.369. The summed E-state index contributed by atoms with van der Waals surface area (Å²) in [7, 11) is 1.85. The van der Waals surface area contributed by atoms with Gasteiger partial charge in [-0.1, -0.05) is 34.1 Å². The van der Waals surface area contributed by atoms with Crippen LogP contribution < -0.4 is 5.32 Å². The highest BCUT2D eigenvalue weighted by Crippen LogP contribution is 2.24. The van der Waals surface area contributed by atoms with Crippen LogP contribution in [0.1, 0.15) is 11.6 Å². The topological polar surface area (TPSA) is 81.7 Å². The lowest BCUT2D eigenvalue weighted by atomic mass is 10.2. The summed E-state index contributed by atoms with van der Waals surface area (Å²) >= 11 is 6.11. The normalized spacial score (nSPS) is 11.0. The molecule has 1 N–H and O–H groups in total. The second kappa shape index (κ2) is 6.02. The summed E-state index contributed by atoms with van der Waals surface area (Å²) in [6.07, 6.45) is 1.83. The van der Waals surface area contributed by atoms with Crippen LogP contribution in [0.4, 0.5) is 0 Å². The van der Waals surface area contributed by atoms with Crippen molar-refractivity contribution in [1.82, 2.24) is 30.5 Å². The molecule has 108 valence electrons. The molecule has 0 bridgehead atoms. The van der Waals surface area contributed by atoms with E-state index in [9.17, 15) is 0 Å². The van der Waals surface area contributed by atoms with E-state index in [0.29, 0.717) is 29.8 Å². The number of hydrogen-bond acceptors (Lipinski definition) is 6. The molecule has 0 aliphatic carbocycles. The summed E-state index contributed by atoms with van der Waals surface area (Å²) in [4.78, 5) is 4.33. The van der Waals surface area contributed by atoms with Crippen molar-refractivity contribution < 1.29 is 4.52 Å². The van der Waals surface area contributed by atoms with E-state index in [1.54, 1.807) is 10.7 Å². The second-order valence-corrected chi connectivity index (χ2v) is 4.84. The third kappa shape index (κ3) is 3.09. The number of nitrogens with zero attached hydrogens (tertiary/aromatic N) is 5. The van der Waals surface area contributed by atoms with Gasteiger partial charge in [0.1, 0.15) is 6.54 Å². The Bertz CT molecular complexity index is 738. The summed E-state index contributed by atoms with van der Waals surface area (Å²) in [6, 6.07) is 7.36. The van der Waals surface area contributed by atoms with Crippen molar-refractivity contribution in [3.8, 4) is 11.4 Å². The number of hydrogen-bond donors (Lipinski definition) is 1. The van der Waals surface area contributed by atoms with Crippen molar-refractivity contribution >= 4 is 11.6 Å². The maximum atomic E-state index is 6.11. The fourth-order valence-corrected chi connectivity index (χ4v) is 2.11. The van der Waals surface area contributed by atoms with Crippen molar-refractivity contribution in [2.75, 3.05) is 7.05 Å². The molecule has 0 spiro atoms. The molecule has 3 rings (SSSR count).